The summed E-state index contributed by atoms with van der Waals surface area (Å²) < 4.78 is 6.04. The summed E-state index contributed by atoms with van der Waals surface area (Å²) in [6, 6.07) is 15.3. The summed E-state index contributed by atoms with van der Waals surface area (Å²) in [5, 5.41) is 20.9. The van der Waals surface area contributed by atoms with Gasteiger partial charge in [-0.1, -0.05) is 110 Å². The molecule has 0 aliphatic carbocycles. The van der Waals surface area contributed by atoms with Crippen molar-refractivity contribution < 1.29 is 29.3 Å². The fourth-order valence-corrected chi connectivity index (χ4v) is 6.17. The van der Waals surface area contributed by atoms with Gasteiger partial charge < -0.3 is 14.9 Å². The van der Waals surface area contributed by atoms with Crippen LogP contribution in [0.5, 0.6) is 0 Å². The van der Waals surface area contributed by atoms with E-state index in [0.717, 1.165) is 85.3 Å². The van der Waals surface area contributed by atoms with Gasteiger partial charge in [0, 0.05) is 0 Å². The summed E-state index contributed by atoms with van der Waals surface area (Å²) in [7, 11) is 0. The molecule has 0 unspecified atom stereocenters. The van der Waals surface area contributed by atoms with Crippen molar-refractivity contribution in [2.45, 2.75) is 131 Å². The Morgan fingerprint density at radius 2 is 1.33 bits per heavy atom. The average molecular weight is 619 g/mol. The molecular weight excluding hydrogens is 564 g/mol. The number of unbranched alkanes of at least 4 members (excludes halogenated alkanes) is 5. The topological polar surface area (TPSA) is 101 Å². The maximum Gasteiger partial charge on any atom is 0.339 e. The van der Waals surface area contributed by atoms with E-state index in [9.17, 15) is 24.6 Å². The lowest BCUT2D eigenvalue weighted by Gasteiger charge is -2.32. The van der Waals surface area contributed by atoms with Crippen LogP contribution in [0.25, 0.3) is 10.8 Å². The molecular formula is C39H54O6. The van der Waals surface area contributed by atoms with Crippen LogP contribution in [0.4, 0.5) is 0 Å². The summed E-state index contributed by atoms with van der Waals surface area (Å²) in [6.07, 6.45) is 12.4. The van der Waals surface area contributed by atoms with E-state index < -0.39 is 11.9 Å². The highest BCUT2D eigenvalue weighted by Crippen LogP contribution is 2.31. The van der Waals surface area contributed by atoms with Gasteiger partial charge in [0.1, 0.15) is 5.60 Å². The van der Waals surface area contributed by atoms with E-state index in [4.69, 9.17) is 4.74 Å². The van der Waals surface area contributed by atoms with E-state index in [0.29, 0.717) is 18.4 Å². The fraction of sp³-hybridized carbons (Fsp3) is 0.513. The van der Waals surface area contributed by atoms with Gasteiger partial charge in [0.2, 0.25) is 0 Å². The second-order valence-corrected chi connectivity index (χ2v) is 11.8. The van der Waals surface area contributed by atoms with E-state index >= 15 is 0 Å². The Balaban J connectivity index is 0.000000314. The van der Waals surface area contributed by atoms with Gasteiger partial charge in [-0.2, -0.15) is 0 Å². The number of aryl methyl sites for hydroxylation is 1. The summed E-state index contributed by atoms with van der Waals surface area (Å²) in [5.41, 5.74) is 2.94. The van der Waals surface area contributed by atoms with Crippen LogP contribution < -0.4 is 0 Å². The molecule has 2 N–H and O–H groups in total. The average Bonchev–Trinajstić information content (AvgIpc) is 3.05. The van der Waals surface area contributed by atoms with Crippen molar-refractivity contribution in [2.75, 3.05) is 0 Å². The minimum atomic E-state index is -1.16. The third-order valence-electron chi connectivity index (χ3n) is 8.94. The largest absolute Gasteiger partial charge is 0.478 e. The smallest absolute Gasteiger partial charge is 0.339 e. The summed E-state index contributed by atoms with van der Waals surface area (Å²) in [6.45, 7) is 12.5. The van der Waals surface area contributed by atoms with Crippen molar-refractivity contribution in [1.29, 1.82) is 0 Å². The van der Waals surface area contributed by atoms with Crippen molar-refractivity contribution in [2.24, 2.45) is 0 Å². The van der Waals surface area contributed by atoms with Crippen LogP contribution >= 0.6 is 0 Å². The Morgan fingerprint density at radius 1 is 0.689 bits per heavy atom. The van der Waals surface area contributed by atoms with Crippen LogP contribution in [-0.4, -0.2) is 33.7 Å². The highest BCUT2D eigenvalue weighted by Gasteiger charge is 2.31. The van der Waals surface area contributed by atoms with E-state index in [1.54, 1.807) is 6.07 Å². The van der Waals surface area contributed by atoms with Gasteiger partial charge in [-0.15, -0.1) is 0 Å². The molecule has 0 spiro atoms. The molecule has 3 rings (SSSR count). The lowest BCUT2D eigenvalue weighted by molar-refractivity contribution is -0.0283. The minimum Gasteiger partial charge on any atom is -0.478 e. The Labute approximate surface area is 270 Å². The van der Waals surface area contributed by atoms with Gasteiger partial charge in [0.05, 0.1) is 16.7 Å². The maximum atomic E-state index is 12.8. The van der Waals surface area contributed by atoms with E-state index in [2.05, 4.69) is 27.7 Å². The SMILES string of the molecule is CCCCCC(CC)(CC)OC(=O)c1cccc2ccccc12.CCCCCCc1c(CC)c(CC)cc(C(=O)O)c1C(=O)O. The molecule has 0 fully saturated rings. The first-order valence-corrected chi connectivity index (χ1v) is 17.0. The molecule has 0 radical (unpaired) electrons. The first-order chi connectivity index (χ1) is 21.6. The van der Waals surface area contributed by atoms with E-state index in [1.807, 2.05) is 56.3 Å². The number of ether oxygens (including phenoxy) is 1. The standard InChI is InChI=1S/C21H28O2.C18H26O4/c1-4-7-10-16-21(5-2,6-3)23-20(22)19-15-11-13-17-12-8-9-14-18(17)19;1-4-7-8-9-10-14-13(6-3)12(5-2)11-15(17(19)20)16(14)18(21)22/h8-9,11-15H,4-7,10,16H2,1-3H3;11H,4-10H2,1-3H3,(H,19,20)(H,21,22). The Hall–Kier alpha value is -3.67. The summed E-state index contributed by atoms with van der Waals surface area (Å²) in [5.74, 6) is -2.49. The highest BCUT2D eigenvalue weighted by molar-refractivity contribution is 6.05. The van der Waals surface area contributed by atoms with E-state index in [-0.39, 0.29) is 22.7 Å². The molecule has 0 aromatic heterocycles. The molecule has 6 nitrogen and oxygen atoms in total. The number of esters is 1. The summed E-state index contributed by atoms with van der Waals surface area (Å²) in [4.78, 5) is 35.9. The monoisotopic (exact) mass is 618 g/mol. The molecule has 0 aliphatic rings. The first kappa shape index (κ1) is 37.5. The van der Waals surface area contributed by atoms with Crippen molar-refractivity contribution in [3.63, 3.8) is 0 Å². The number of carbonyl (C=O) groups is 3. The number of hydrogen-bond donors (Lipinski definition) is 2. The molecule has 0 atom stereocenters. The molecule has 3 aromatic carbocycles. The number of carboxylic acids is 2. The van der Waals surface area contributed by atoms with E-state index in [1.165, 1.54) is 12.8 Å². The number of aromatic carboxylic acids is 2. The Morgan fingerprint density at radius 3 is 1.91 bits per heavy atom. The Bertz CT molecular complexity index is 1400. The molecule has 0 saturated heterocycles. The van der Waals surface area contributed by atoms with Crippen LogP contribution in [-0.2, 0) is 24.0 Å². The highest BCUT2D eigenvalue weighted by atomic mass is 16.6. The minimum absolute atomic E-state index is 0.0157. The zero-order valence-electron chi connectivity index (χ0n) is 28.3. The van der Waals surface area contributed by atoms with Gasteiger partial charge in [-0.3, -0.25) is 0 Å². The van der Waals surface area contributed by atoms with Crippen molar-refractivity contribution >= 4 is 28.7 Å². The zero-order valence-corrected chi connectivity index (χ0v) is 28.3. The summed E-state index contributed by atoms with van der Waals surface area (Å²) >= 11 is 0. The predicted octanol–water partition coefficient (Wildman–Crippen LogP) is 10.5. The van der Waals surface area contributed by atoms with Crippen LogP contribution in [0.2, 0.25) is 0 Å². The lowest BCUT2D eigenvalue weighted by atomic mass is 9.86. The van der Waals surface area contributed by atoms with Gasteiger partial charge in [-0.25, -0.2) is 14.4 Å². The number of carboxylic acid groups (broad SMARTS) is 2. The molecule has 0 bridgehead atoms. The Kier molecular flexibility index (Phi) is 15.8. The molecule has 246 valence electrons. The van der Waals surface area contributed by atoms with Crippen LogP contribution in [0.15, 0.2) is 48.5 Å². The third-order valence-corrected chi connectivity index (χ3v) is 8.94. The molecule has 6 heteroatoms. The first-order valence-electron chi connectivity index (χ1n) is 17.0. The molecule has 45 heavy (non-hydrogen) atoms. The van der Waals surface area contributed by atoms with Crippen molar-refractivity contribution in [3.8, 4) is 0 Å². The van der Waals surface area contributed by atoms with Crippen molar-refractivity contribution in [1.82, 2.24) is 0 Å². The molecule has 0 heterocycles. The quantitative estimate of drug-likeness (QED) is 0.115. The van der Waals surface area contributed by atoms with Crippen LogP contribution in [0, 0.1) is 0 Å². The fourth-order valence-electron chi connectivity index (χ4n) is 6.17. The number of benzene rings is 3. The predicted molar refractivity (Wildman–Crippen MR) is 184 cm³/mol. The number of hydrogen-bond acceptors (Lipinski definition) is 4. The van der Waals surface area contributed by atoms with Gasteiger partial charge >= 0.3 is 17.9 Å². The van der Waals surface area contributed by atoms with Crippen molar-refractivity contribution in [3.05, 3.63) is 81.9 Å². The second kappa shape index (κ2) is 19.0. The normalized spacial score (nSPS) is 11.2. The molecule has 3 aromatic rings. The maximum absolute atomic E-state index is 12.8. The lowest BCUT2D eigenvalue weighted by Crippen LogP contribution is -2.34. The number of rotatable bonds is 17. The van der Waals surface area contributed by atoms with Crippen LogP contribution in [0.3, 0.4) is 0 Å². The third kappa shape index (κ3) is 10.2. The number of carbonyl (C=O) groups excluding carboxylic acids is 1. The molecule has 0 amide bonds. The second-order valence-electron chi connectivity index (χ2n) is 11.8. The zero-order chi connectivity index (χ0) is 33.4. The molecule has 0 saturated carbocycles. The number of fused-ring (bicyclic) bond motifs is 1. The van der Waals surface area contributed by atoms with Crippen LogP contribution in [0.1, 0.15) is 154 Å². The van der Waals surface area contributed by atoms with Gasteiger partial charge in [0.25, 0.3) is 0 Å². The van der Waals surface area contributed by atoms with Gasteiger partial charge in [-0.05, 0) is 91.0 Å². The van der Waals surface area contributed by atoms with Gasteiger partial charge in [0.15, 0.2) is 0 Å². The molecule has 0 aliphatic heterocycles.